The molecule has 4 aromatic rings. The summed E-state index contributed by atoms with van der Waals surface area (Å²) in [5.74, 6) is 1.81. The highest BCUT2D eigenvalue weighted by molar-refractivity contribution is 9.11. The number of carbonyl (C=O) groups is 1. The lowest BCUT2D eigenvalue weighted by Gasteiger charge is -2.09. The van der Waals surface area contributed by atoms with Crippen LogP contribution in [-0.4, -0.2) is 15.3 Å². The van der Waals surface area contributed by atoms with Gasteiger partial charge in [0.2, 0.25) is 0 Å². The average Bonchev–Trinajstić information content (AvgIpc) is 3.44. The fourth-order valence-corrected chi connectivity index (χ4v) is 5.32. The second-order valence-corrected chi connectivity index (χ2v) is 9.13. The maximum Gasteiger partial charge on any atom is 0.185 e. The lowest BCUT2D eigenvalue weighted by molar-refractivity contribution is 0.104. The zero-order valence-electron chi connectivity index (χ0n) is 16.0. The maximum atomic E-state index is 12.4. The van der Waals surface area contributed by atoms with Crippen LogP contribution < -0.4 is 4.74 Å². The van der Waals surface area contributed by atoms with Crippen LogP contribution in [0.4, 0.5) is 0 Å². The van der Waals surface area contributed by atoms with Gasteiger partial charge in [0.05, 0.1) is 15.3 Å². The molecule has 8 heteroatoms. The number of halogens is 3. The Morgan fingerprint density at radius 2 is 1.81 bits per heavy atom. The molecule has 0 saturated heterocycles. The largest absolute Gasteiger partial charge is 0.483 e. The summed E-state index contributed by atoms with van der Waals surface area (Å²) in [6.07, 6.45) is 8.42. The molecule has 0 saturated carbocycles. The molecule has 2 aromatic carbocycles. The number of allylic oxidation sites excluding steroid dienone is 1. The monoisotopic (exact) mass is 604 g/mol. The first-order valence-corrected chi connectivity index (χ1v) is 11.5. The van der Waals surface area contributed by atoms with Crippen molar-refractivity contribution in [2.45, 2.75) is 6.61 Å². The van der Waals surface area contributed by atoms with E-state index in [4.69, 9.17) is 9.15 Å². The van der Waals surface area contributed by atoms with Crippen molar-refractivity contribution >= 4 is 59.6 Å². The molecular formula is C23H15Br3N2O3. The number of furan rings is 1. The van der Waals surface area contributed by atoms with Crippen LogP contribution in [0.2, 0.25) is 0 Å². The van der Waals surface area contributed by atoms with E-state index in [1.165, 1.54) is 6.08 Å². The first-order chi connectivity index (χ1) is 15.0. The Labute approximate surface area is 204 Å². The molecule has 0 radical (unpaired) electrons. The highest BCUT2D eigenvalue weighted by Gasteiger charge is 2.10. The second-order valence-electron chi connectivity index (χ2n) is 6.51. The average molecular weight is 607 g/mol. The molecule has 0 aliphatic heterocycles. The first-order valence-electron chi connectivity index (χ1n) is 9.16. The standard InChI is InChI=1S/C23H15Br3N2O3/c24-16-11-20(25)23(21(26)12-16)30-13-19-6-5-18(31-19)7-8-22(29)15-1-3-17(4-2-15)28-10-9-27-14-28/h1-12,14H,13H2/b8-7+. The number of ketones is 1. The van der Waals surface area contributed by atoms with Gasteiger partial charge in [0, 0.05) is 28.1 Å². The van der Waals surface area contributed by atoms with Crippen molar-refractivity contribution in [2.24, 2.45) is 0 Å². The van der Waals surface area contributed by atoms with E-state index in [0.717, 1.165) is 19.1 Å². The van der Waals surface area contributed by atoms with Crippen LogP contribution in [0.1, 0.15) is 21.9 Å². The van der Waals surface area contributed by atoms with Crippen LogP contribution in [0.15, 0.2) is 91.2 Å². The van der Waals surface area contributed by atoms with E-state index in [9.17, 15) is 4.79 Å². The van der Waals surface area contributed by atoms with Crippen molar-refractivity contribution in [3.8, 4) is 11.4 Å². The van der Waals surface area contributed by atoms with Crippen molar-refractivity contribution in [3.05, 3.63) is 104 Å². The Morgan fingerprint density at radius 3 is 2.48 bits per heavy atom. The van der Waals surface area contributed by atoms with Crippen LogP contribution >= 0.6 is 47.8 Å². The van der Waals surface area contributed by atoms with Crippen LogP contribution in [0, 0.1) is 0 Å². The molecule has 0 spiro atoms. The summed E-state index contributed by atoms with van der Waals surface area (Å²) in [6, 6.07) is 14.8. The van der Waals surface area contributed by atoms with E-state index in [1.807, 2.05) is 41.1 Å². The lowest BCUT2D eigenvalue weighted by atomic mass is 10.1. The Morgan fingerprint density at radius 1 is 1.06 bits per heavy atom. The summed E-state index contributed by atoms with van der Waals surface area (Å²) in [6.45, 7) is 0.260. The molecule has 0 aliphatic carbocycles. The van der Waals surface area contributed by atoms with Crippen LogP contribution in [0.25, 0.3) is 11.8 Å². The van der Waals surface area contributed by atoms with Gasteiger partial charge in [-0.15, -0.1) is 0 Å². The summed E-state index contributed by atoms with van der Waals surface area (Å²) in [7, 11) is 0. The van der Waals surface area contributed by atoms with E-state index in [-0.39, 0.29) is 12.4 Å². The molecule has 2 aromatic heterocycles. The van der Waals surface area contributed by atoms with Crippen molar-refractivity contribution in [1.29, 1.82) is 0 Å². The quantitative estimate of drug-likeness (QED) is 0.165. The van der Waals surface area contributed by atoms with E-state index in [1.54, 1.807) is 36.8 Å². The number of hydrogen-bond acceptors (Lipinski definition) is 4. The fraction of sp³-hybridized carbons (Fsp3) is 0.0435. The predicted molar refractivity (Wildman–Crippen MR) is 130 cm³/mol. The minimum atomic E-state index is -0.103. The van der Waals surface area contributed by atoms with Crippen molar-refractivity contribution in [2.75, 3.05) is 0 Å². The number of carbonyl (C=O) groups excluding carboxylic acids is 1. The zero-order valence-corrected chi connectivity index (χ0v) is 20.7. The first kappa shape index (κ1) is 21.8. The number of rotatable bonds is 7. The Hall–Kier alpha value is -2.42. The van der Waals surface area contributed by atoms with E-state index < -0.39 is 0 Å². The van der Waals surface area contributed by atoms with Crippen molar-refractivity contribution < 1.29 is 13.9 Å². The normalized spacial score (nSPS) is 11.2. The number of aromatic nitrogens is 2. The SMILES string of the molecule is O=C(/C=C/c1ccc(COc2c(Br)cc(Br)cc2Br)o1)c1ccc(-n2ccnc2)cc1. The van der Waals surface area contributed by atoms with Gasteiger partial charge in [0.25, 0.3) is 0 Å². The molecule has 0 atom stereocenters. The second kappa shape index (κ2) is 9.80. The third-order valence-electron chi connectivity index (χ3n) is 4.36. The summed E-state index contributed by atoms with van der Waals surface area (Å²) >= 11 is 10.4. The molecule has 0 amide bonds. The van der Waals surface area contributed by atoms with Gasteiger partial charge in [-0.3, -0.25) is 4.79 Å². The van der Waals surface area contributed by atoms with E-state index >= 15 is 0 Å². The third kappa shape index (κ3) is 5.44. The Kier molecular flexibility index (Phi) is 6.89. The van der Waals surface area contributed by atoms with Crippen molar-refractivity contribution in [3.63, 3.8) is 0 Å². The number of hydrogen-bond donors (Lipinski definition) is 0. The summed E-state index contributed by atoms with van der Waals surface area (Å²) in [4.78, 5) is 16.5. The molecule has 0 bridgehead atoms. The highest BCUT2D eigenvalue weighted by Crippen LogP contribution is 2.37. The predicted octanol–water partition coefficient (Wildman–Crippen LogP) is 7.23. The molecule has 0 N–H and O–H groups in total. The molecule has 0 unspecified atom stereocenters. The van der Waals surface area contributed by atoms with Crippen molar-refractivity contribution in [1.82, 2.24) is 9.55 Å². The minimum Gasteiger partial charge on any atom is -0.483 e. The Bertz CT molecular complexity index is 1210. The number of imidazole rings is 1. The zero-order chi connectivity index (χ0) is 21.8. The topological polar surface area (TPSA) is 57.3 Å². The molecule has 0 aliphatic rings. The summed E-state index contributed by atoms with van der Waals surface area (Å²) in [5.41, 5.74) is 1.54. The van der Waals surface area contributed by atoms with E-state index in [0.29, 0.717) is 22.8 Å². The molecule has 156 valence electrons. The molecule has 0 fully saturated rings. The summed E-state index contributed by atoms with van der Waals surface area (Å²) in [5, 5.41) is 0. The number of ether oxygens (including phenoxy) is 1. The number of nitrogens with zero attached hydrogens (tertiary/aromatic N) is 2. The molecule has 2 heterocycles. The van der Waals surface area contributed by atoms with Crippen LogP contribution in [-0.2, 0) is 6.61 Å². The van der Waals surface area contributed by atoms with Gasteiger partial charge < -0.3 is 13.7 Å². The maximum absolute atomic E-state index is 12.4. The smallest absolute Gasteiger partial charge is 0.185 e. The third-order valence-corrected chi connectivity index (χ3v) is 5.99. The molecule has 4 rings (SSSR count). The minimum absolute atomic E-state index is 0.103. The van der Waals surface area contributed by atoms with Crippen LogP contribution in [0.3, 0.4) is 0 Å². The van der Waals surface area contributed by atoms with Gasteiger partial charge in [-0.05, 0) is 92.5 Å². The van der Waals surface area contributed by atoms with E-state index in [2.05, 4.69) is 52.8 Å². The van der Waals surface area contributed by atoms with Gasteiger partial charge in [-0.25, -0.2) is 4.98 Å². The Balaban J connectivity index is 1.37. The highest BCUT2D eigenvalue weighted by atomic mass is 79.9. The fourth-order valence-electron chi connectivity index (χ4n) is 2.84. The van der Waals surface area contributed by atoms with Gasteiger partial charge in [-0.1, -0.05) is 15.9 Å². The molecular weight excluding hydrogens is 592 g/mol. The van der Waals surface area contributed by atoms with Gasteiger partial charge in [-0.2, -0.15) is 0 Å². The summed E-state index contributed by atoms with van der Waals surface area (Å²) < 4.78 is 16.1. The van der Waals surface area contributed by atoms with Crippen LogP contribution in [0.5, 0.6) is 5.75 Å². The molecule has 31 heavy (non-hydrogen) atoms. The lowest BCUT2D eigenvalue weighted by Crippen LogP contribution is -1.96. The van der Waals surface area contributed by atoms with Gasteiger partial charge in [0.15, 0.2) is 5.78 Å². The van der Waals surface area contributed by atoms with Gasteiger partial charge in [0.1, 0.15) is 23.9 Å². The van der Waals surface area contributed by atoms with Gasteiger partial charge >= 0.3 is 0 Å². The number of benzene rings is 2. The molecule has 5 nitrogen and oxygen atoms in total.